The minimum Gasteiger partial charge on any atom is -0.467 e. The number of hydrogen-bond donors (Lipinski definition) is 1. The molecule has 2 heterocycles. The summed E-state index contributed by atoms with van der Waals surface area (Å²) in [5, 5.41) is 0.392. The average molecular weight is 327 g/mol. The maximum absolute atomic E-state index is 11.4. The van der Waals surface area contributed by atoms with Gasteiger partial charge in [-0.3, -0.25) is 4.79 Å². The summed E-state index contributed by atoms with van der Waals surface area (Å²) < 4.78 is 7.50. The number of imidazole rings is 1. The number of hydrogen-bond acceptors (Lipinski definition) is 4. The Hall–Kier alpha value is -2.47. The fourth-order valence-corrected chi connectivity index (χ4v) is 3.06. The number of nitrogens with zero attached hydrogens (tertiary/aromatic N) is 2. The van der Waals surface area contributed by atoms with Gasteiger partial charge in [-0.05, 0) is 24.6 Å². The molecule has 2 aromatic heterocycles. The van der Waals surface area contributed by atoms with Crippen LogP contribution >= 0.6 is 11.8 Å². The van der Waals surface area contributed by atoms with Gasteiger partial charge in [-0.15, -0.1) is 0 Å². The van der Waals surface area contributed by atoms with Gasteiger partial charge in [0.15, 0.2) is 5.16 Å². The number of amides is 1. The molecule has 1 atom stereocenters. The van der Waals surface area contributed by atoms with Crippen LogP contribution in [0.4, 0.5) is 0 Å². The maximum Gasteiger partial charge on any atom is 0.230 e. The Morgan fingerprint density at radius 3 is 2.74 bits per heavy atom. The summed E-state index contributed by atoms with van der Waals surface area (Å²) in [6.07, 6.45) is 3.46. The number of thioether (sulfide) groups is 1. The van der Waals surface area contributed by atoms with Gasteiger partial charge < -0.3 is 14.7 Å². The molecule has 0 fully saturated rings. The van der Waals surface area contributed by atoms with Gasteiger partial charge in [0.25, 0.3) is 0 Å². The summed E-state index contributed by atoms with van der Waals surface area (Å²) in [7, 11) is 0. The van der Waals surface area contributed by atoms with Crippen molar-refractivity contribution >= 4 is 17.7 Å². The largest absolute Gasteiger partial charge is 0.467 e. The van der Waals surface area contributed by atoms with Crippen molar-refractivity contribution in [3.8, 4) is 11.3 Å². The molecule has 3 aromatic rings. The van der Waals surface area contributed by atoms with Gasteiger partial charge in [-0.25, -0.2) is 4.98 Å². The van der Waals surface area contributed by atoms with Crippen molar-refractivity contribution in [2.45, 2.75) is 23.9 Å². The van der Waals surface area contributed by atoms with Gasteiger partial charge in [0.1, 0.15) is 5.76 Å². The lowest BCUT2D eigenvalue weighted by atomic mass is 10.2. The zero-order valence-electron chi connectivity index (χ0n) is 12.7. The van der Waals surface area contributed by atoms with Crippen LogP contribution in [0.3, 0.4) is 0 Å². The first-order valence-corrected chi connectivity index (χ1v) is 8.12. The first kappa shape index (κ1) is 15.4. The molecule has 0 radical (unpaired) electrons. The Balaban J connectivity index is 1.99. The van der Waals surface area contributed by atoms with Crippen LogP contribution in [0.15, 0.2) is 64.5 Å². The molecule has 0 spiro atoms. The highest BCUT2D eigenvalue weighted by molar-refractivity contribution is 8.00. The smallest absolute Gasteiger partial charge is 0.230 e. The topological polar surface area (TPSA) is 74.1 Å². The molecule has 5 nitrogen and oxygen atoms in total. The number of furan rings is 1. The summed E-state index contributed by atoms with van der Waals surface area (Å²) in [6.45, 7) is 2.33. The van der Waals surface area contributed by atoms with Crippen LogP contribution in [-0.2, 0) is 11.3 Å². The van der Waals surface area contributed by atoms with E-state index in [1.54, 1.807) is 13.2 Å². The second-order valence-electron chi connectivity index (χ2n) is 5.12. The normalized spacial score (nSPS) is 12.2. The van der Waals surface area contributed by atoms with E-state index in [9.17, 15) is 4.79 Å². The van der Waals surface area contributed by atoms with Gasteiger partial charge in [-0.2, -0.15) is 0 Å². The van der Waals surface area contributed by atoms with E-state index in [2.05, 4.69) is 4.98 Å². The van der Waals surface area contributed by atoms with Crippen molar-refractivity contribution in [1.82, 2.24) is 9.55 Å². The van der Waals surface area contributed by atoms with Crippen molar-refractivity contribution < 1.29 is 9.21 Å². The molecule has 2 N–H and O–H groups in total. The van der Waals surface area contributed by atoms with Crippen LogP contribution in [-0.4, -0.2) is 20.7 Å². The van der Waals surface area contributed by atoms with E-state index in [0.717, 1.165) is 22.2 Å². The van der Waals surface area contributed by atoms with Gasteiger partial charge >= 0.3 is 0 Å². The molecule has 3 rings (SSSR count). The standard InChI is InChI=1S/C17H17N3O2S/c1-12(16(18)21)23-17-19-10-15(13-6-3-2-4-7-13)20(17)11-14-8-5-9-22-14/h2-10,12H,11H2,1H3,(H2,18,21). The molecule has 23 heavy (non-hydrogen) atoms. The van der Waals surface area contributed by atoms with Gasteiger partial charge in [-0.1, -0.05) is 42.1 Å². The minimum atomic E-state index is -0.358. The Morgan fingerprint density at radius 2 is 2.09 bits per heavy atom. The first-order valence-electron chi connectivity index (χ1n) is 7.24. The molecule has 0 aliphatic heterocycles. The quantitative estimate of drug-likeness (QED) is 0.706. The molecule has 0 bridgehead atoms. The van der Waals surface area contributed by atoms with Crippen molar-refractivity contribution in [2.24, 2.45) is 5.73 Å². The number of carbonyl (C=O) groups excluding carboxylic acids is 1. The van der Waals surface area contributed by atoms with E-state index in [0.29, 0.717) is 6.54 Å². The van der Waals surface area contributed by atoms with Crippen LogP contribution < -0.4 is 5.73 Å². The second kappa shape index (κ2) is 6.75. The predicted octanol–water partition coefficient (Wildman–Crippen LogP) is 3.16. The third-order valence-electron chi connectivity index (χ3n) is 3.47. The molecule has 1 aromatic carbocycles. The molecular weight excluding hydrogens is 310 g/mol. The number of nitrogens with two attached hydrogens (primary N) is 1. The molecule has 6 heteroatoms. The fourth-order valence-electron chi connectivity index (χ4n) is 2.22. The van der Waals surface area contributed by atoms with Gasteiger partial charge in [0, 0.05) is 0 Å². The summed E-state index contributed by atoms with van der Waals surface area (Å²) in [5.41, 5.74) is 7.41. The Kier molecular flexibility index (Phi) is 4.52. The van der Waals surface area contributed by atoms with E-state index in [1.807, 2.05) is 53.2 Å². The molecule has 1 amide bonds. The number of primary amides is 1. The van der Waals surface area contributed by atoms with E-state index in [1.165, 1.54) is 11.8 Å². The molecule has 1 unspecified atom stereocenters. The average Bonchev–Trinajstić information content (AvgIpc) is 3.19. The van der Waals surface area contributed by atoms with Gasteiger partial charge in [0.2, 0.25) is 5.91 Å². The fraction of sp³-hybridized carbons (Fsp3) is 0.176. The van der Waals surface area contributed by atoms with Crippen molar-refractivity contribution in [3.63, 3.8) is 0 Å². The van der Waals surface area contributed by atoms with Crippen molar-refractivity contribution in [2.75, 3.05) is 0 Å². The third kappa shape index (κ3) is 3.48. The monoisotopic (exact) mass is 327 g/mol. The zero-order chi connectivity index (χ0) is 16.2. The zero-order valence-corrected chi connectivity index (χ0v) is 13.5. The van der Waals surface area contributed by atoms with E-state index < -0.39 is 0 Å². The van der Waals surface area contributed by atoms with Crippen LogP contribution in [0.2, 0.25) is 0 Å². The van der Waals surface area contributed by atoms with E-state index in [-0.39, 0.29) is 11.2 Å². The number of benzene rings is 1. The van der Waals surface area contributed by atoms with Crippen LogP contribution in [0.25, 0.3) is 11.3 Å². The number of rotatable bonds is 6. The molecule has 0 aliphatic carbocycles. The Bertz CT molecular complexity index is 782. The lowest BCUT2D eigenvalue weighted by molar-refractivity contribution is -0.117. The third-order valence-corrected chi connectivity index (χ3v) is 4.59. The summed E-state index contributed by atoms with van der Waals surface area (Å²) >= 11 is 1.35. The van der Waals surface area contributed by atoms with Crippen LogP contribution in [0, 0.1) is 0 Å². The van der Waals surface area contributed by atoms with Crippen molar-refractivity contribution in [3.05, 3.63) is 60.7 Å². The van der Waals surface area contributed by atoms with Crippen LogP contribution in [0.5, 0.6) is 0 Å². The SMILES string of the molecule is CC(Sc1ncc(-c2ccccc2)n1Cc1ccco1)C(N)=O. The minimum absolute atomic E-state index is 0.351. The number of carbonyl (C=O) groups is 1. The highest BCUT2D eigenvalue weighted by Gasteiger charge is 2.18. The molecule has 0 saturated heterocycles. The highest BCUT2D eigenvalue weighted by atomic mass is 32.2. The first-order chi connectivity index (χ1) is 11.1. The predicted molar refractivity (Wildman–Crippen MR) is 90.0 cm³/mol. The maximum atomic E-state index is 11.4. The summed E-state index contributed by atoms with van der Waals surface area (Å²) in [5.74, 6) is 0.470. The Morgan fingerprint density at radius 1 is 1.30 bits per heavy atom. The molecular formula is C17H17N3O2S. The Labute approximate surface area is 138 Å². The van der Waals surface area contributed by atoms with E-state index >= 15 is 0 Å². The van der Waals surface area contributed by atoms with Gasteiger partial charge in [0.05, 0.1) is 29.9 Å². The molecule has 0 saturated carbocycles. The molecule has 0 aliphatic rings. The second-order valence-corrected chi connectivity index (χ2v) is 6.43. The summed E-state index contributed by atoms with van der Waals surface area (Å²) in [6, 6.07) is 13.8. The van der Waals surface area contributed by atoms with Crippen LogP contribution in [0.1, 0.15) is 12.7 Å². The lowest BCUT2D eigenvalue weighted by Crippen LogP contribution is -2.23. The van der Waals surface area contributed by atoms with E-state index in [4.69, 9.17) is 10.2 Å². The lowest BCUT2D eigenvalue weighted by Gasteiger charge is -2.12. The highest BCUT2D eigenvalue weighted by Crippen LogP contribution is 2.29. The summed E-state index contributed by atoms with van der Waals surface area (Å²) in [4.78, 5) is 15.8. The van der Waals surface area contributed by atoms with Crippen molar-refractivity contribution in [1.29, 1.82) is 0 Å². The number of aromatic nitrogens is 2. The molecule has 118 valence electrons.